The second-order valence-corrected chi connectivity index (χ2v) is 3.35. The number of H-pyrrole nitrogens is 2. The van der Waals surface area contributed by atoms with Gasteiger partial charge in [-0.25, -0.2) is 0 Å². The number of amides is 1. The van der Waals surface area contributed by atoms with Crippen LogP contribution in [0.25, 0.3) is 0 Å². The molecule has 0 aromatic carbocycles. The van der Waals surface area contributed by atoms with Crippen LogP contribution >= 0.6 is 0 Å². The minimum atomic E-state index is -0.0267. The molecular formula is C10H12N4O. The molecular weight excluding hydrogens is 192 g/mol. The third-order valence-electron chi connectivity index (χ3n) is 2.15. The maximum absolute atomic E-state index is 11.8. The SMILES string of the molecule is CN(Cc1cn[nH]c1)C(=O)c1ccc[nH]1. The van der Waals surface area contributed by atoms with Gasteiger partial charge in [0.15, 0.2) is 0 Å². The van der Waals surface area contributed by atoms with Crippen LogP contribution in [-0.2, 0) is 6.54 Å². The highest BCUT2D eigenvalue weighted by molar-refractivity contribution is 5.92. The summed E-state index contributed by atoms with van der Waals surface area (Å²) in [6, 6.07) is 3.56. The van der Waals surface area contributed by atoms with E-state index < -0.39 is 0 Å². The molecule has 2 aromatic heterocycles. The maximum Gasteiger partial charge on any atom is 0.270 e. The van der Waals surface area contributed by atoms with Crippen LogP contribution < -0.4 is 0 Å². The molecule has 2 rings (SSSR count). The van der Waals surface area contributed by atoms with Gasteiger partial charge in [0.1, 0.15) is 5.69 Å². The quantitative estimate of drug-likeness (QED) is 0.783. The number of carbonyl (C=O) groups is 1. The Kier molecular flexibility index (Phi) is 2.53. The van der Waals surface area contributed by atoms with Gasteiger partial charge in [-0.3, -0.25) is 9.89 Å². The van der Waals surface area contributed by atoms with E-state index in [0.717, 1.165) is 5.56 Å². The van der Waals surface area contributed by atoms with Gasteiger partial charge in [0.25, 0.3) is 5.91 Å². The van der Waals surface area contributed by atoms with Gasteiger partial charge in [-0.1, -0.05) is 0 Å². The Morgan fingerprint density at radius 1 is 1.60 bits per heavy atom. The molecule has 15 heavy (non-hydrogen) atoms. The summed E-state index contributed by atoms with van der Waals surface area (Å²) in [6.45, 7) is 0.550. The van der Waals surface area contributed by atoms with Crippen LogP contribution in [0.4, 0.5) is 0 Å². The Hall–Kier alpha value is -2.04. The summed E-state index contributed by atoms with van der Waals surface area (Å²) in [4.78, 5) is 16.3. The van der Waals surface area contributed by atoms with Gasteiger partial charge in [0.2, 0.25) is 0 Å². The van der Waals surface area contributed by atoms with Gasteiger partial charge in [-0.2, -0.15) is 5.10 Å². The number of aromatic amines is 2. The lowest BCUT2D eigenvalue weighted by Gasteiger charge is -2.14. The highest BCUT2D eigenvalue weighted by atomic mass is 16.2. The van der Waals surface area contributed by atoms with Crippen molar-refractivity contribution in [1.82, 2.24) is 20.1 Å². The summed E-state index contributed by atoms with van der Waals surface area (Å²) in [5.41, 5.74) is 1.58. The lowest BCUT2D eigenvalue weighted by Crippen LogP contribution is -2.26. The smallest absolute Gasteiger partial charge is 0.270 e. The van der Waals surface area contributed by atoms with E-state index >= 15 is 0 Å². The van der Waals surface area contributed by atoms with E-state index in [9.17, 15) is 4.79 Å². The van der Waals surface area contributed by atoms with Gasteiger partial charge >= 0.3 is 0 Å². The van der Waals surface area contributed by atoms with Crippen LogP contribution in [-0.4, -0.2) is 33.0 Å². The topological polar surface area (TPSA) is 64.8 Å². The van der Waals surface area contributed by atoms with E-state index in [1.165, 1.54) is 0 Å². The molecule has 5 heteroatoms. The predicted octanol–water partition coefficient (Wildman–Crippen LogP) is 1.01. The fourth-order valence-electron chi connectivity index (χ4n) is 1.38. The van der Waals surface area contributed by atoms with Crippen LogP contribution in [0.3, 0.4) is 0 Å². The second-order valence-electron chi connectivity index (χ2n) is 3.35. The standard InChI is InChI=1S/C10H12N4O/c1-14(7-8-5-12-13-6-8)10(15)9-3-2-4-11-9/h2-6,11H,7H2,1H3,(H,12,13). The van der Waals surface area contributed by atoms with Gasteiger partial charge in [0, 0.05) is 31.5 Å². The monoisotopic (exact) mass is 204 g/mol. The molecule has 0 spiro atoms. The lowest BCUT2D eigenvalue weighted by atomic mass is 10.3. The third-order valence-corrected chi connectivity index (χ3v) is 2.15. The third kappa shape index (κ3) is 2.07. The van der Waals surface area contributed by atoms with Crippen molar-refractivity contribution in [3.05, 3.63) is 42.0 Å². The number of hydrogen-bond acceptors (Lipinski definition) is 2. The lowest BCUT2D eigenvalue weighted by molar-refractivity contribution is 0.0780. The Labute approximate surface area is 87.1 Å². The van der Waals surface area contributed by atoms with Gasteiger partial charge in [0.05, 0.1) is 6.20 Å². The largest absolute Gasteiger partial charge is 0.357 e. The Bertz CT molecular complexity index is 418. The summed E-state index contributed by atoms with van der Waals surface area (Å²) in [5.74, 6) is -0.0267. The molecule has 0 fully saturated rings. The van der Waals surface area contributed by atoms with Crippen LogP contribution in [0.15, 0.2) is 30.7 Å². The van der Waals surface area contributed by atoms with Crippen molar-refractivity contribution in [3.8, 4) is 0 Å². The van der Waals surface area contributed by atoms with Gasteiger partial charge < -0.3 is 9.88 Å². The zero-order valence-corrected chi connectivity index (χ0v) is 8.40. The summed E-state index contributed by atoms with van der Waals surface area (Å²) in [6.07, 6.45) is 5.22. The molecule has 0 aliphatic heterocycles. The first-order valence-electron chi connectivity index (χ1n) is 4.64. The highest BCUT2D eigenvalue weighted by Crippen LogP contribution is 2.04. The highest BCUT2D eigenvalue weighted by Gasteiger charge is 2.12. The fourth-order valence-corrected chi connectivity index (χ4v) is 1.38. The number of carbonyl (C=O) groups excluding carboxylic acids is 1. The molecule has 2 N–H and O–H groups in total. The minimum absolute atomic E-state index is 0.0267. The van der Waals surface area contributed by atoms with E-state index in [1.807, 2.05) is 0 Å². The molecule has 78 valence electrons. The summed E-state index contributed by atoms with van der Waals surface area (Å²) < 4.78 is 0. The molecule has 0 bridgehead atoms. The Balaban J connectivity index is 2.03. The van der Waals surface area contributed by atoms with Crippen molar-refractivity contribution in [2.45, 2.75) is 6.54 Å². The average molecular weight is 204 g/mol. The molecule has 1 amide bonds. The molecule has 0 radical (unpaired) electrons. The first kappa shape index (κ1) is 9.51. The van der Waals surface area contributed by atoms with Crippen molar-refractivity contribution in [2.75, 3.05) is 7.05 Å². The van der Waals surface area contributed by atoms with E-state index in [0.29, 0.717) is 12.2 Å². The van der Waals surface area contributed by atoms with E-state index in [4.69, 9.17) is 0 Å². The summed E-state index contributed by atoms with van der Waals surface area (Å²) in [7, 11) is 1.76. The van der Waals surface area contributed by atoms with E-state index in [-0.39, 0.29) is 5.91 Å². The zero-order chi connectivity index (χ0) is 10.7. The van der Waals surface area contributed by atoms with Crippen molar-refractivity contribution >= 4 is 5.91 Å². The molecule has 2 aromatic rings. The summed E-state index contributed by atoms with van der Waals surface area (Å²) in [5, 5.41) is 6.54. The van der Waals surface area contributed by atoms with Crippen molar-refractivity contribution < 1.29 is 4.79 Å². The predicted molar refractivity (Wildman–Crippen MR) is 55.2 cm³/mol. The normalized spacial score (nSPS) is 10.2. The van der Waals surface area contributed by atoms with Crippen LogP contribution in [0.5, 0.6) is 0 Å². The maximum atomic E-state index is 11.8. The minimum Gasteiger partial charge on any atom is -0.357 e. The number of hydrogen-bond donors (Lipinski definition) is 2. The number of nitrogens with zero attached hydrogens (tertiary/aromatic N) is 2. The van der Waals surface area contributed by atoms with Crippen molar-refractivity contribution in [3.63, 3.8) is 0 Å². The number of nitrogens with one attached hydrogen (secondary N) is 2. The molecule has 0 saturated carbocycles. The Morgan fingerprint density at radius 3 is 3.07 bits per heavy atom. The van der Waals surface area contributed by atoms with Crippen molar-refractivity contribution in [2.24, 2.45) is 0 Å². The molecule has 0 saturated heterocycles. The molecule has 0 aliphatic carbocycles. The first-order chi connectivity index (χ1) is 7.27. The average Bonchev–Trinajstić information content (AvgIpc) is 2.88. The van der Waals surface area contributed by atoms with Gasteiger partial charge in [-0.15, -0.1) is 0 Å². The molecule has 0 atom stereocenters. The van der Waals surface area contributed by atoms with Crippen molar-refractivity contribution in [1.29, 1.82) is 0 Å². The number of rotatable bonds is 3. The molecule has 5 nitrogen and oxygen atoms in total. The summed E-state index contributed by atoms with van der Waals surface area (Å²) >= 11 is 0. The fraction of sp³-hybridized carbons (Fsp3) is 0.200. The van der Waals surface area contributed by atoms with E-state index in [2.05, 4.69) is 15.2 Å². The Morgan fingerprint density at radius 2 is 2.47 bits per heavy atom. The first-order valence-corrected chi connectivity index (χ1v) is 4.64. The van der Waals surface area contributed by atoms with Crippen LogP contribution in [0.2, 0.25) is 0 Å². The van der Waals surface area contributed by atoms with E-state index in [1.54, 1.807) is 42.7 Å². The van der Waals surface area contributed by atoms with Crippen LogP contribution in [0, 0.1) is 0 Å². The molecule has 0 unspecified atom stereocenters. The molecule has 2 heterocycles. The second kappa shape index (κ2) is 4.00. The van der Waals surface area contributed by atoms with Crippen LogP contribution in [0.1, 0.15) is 16.1 Å². The zero-order valence-electron chi connectivity index (χ0n) is 8.40. The molecule has 0 aliphatic rings. The van der Waals surface area contributed by atoms with Gasteiger partial charge in [-0.05, 0) is 12.1 Å². The number of aromatic nitrogens is 3.